The lowest BCUT2D eigenvalue weighted by molar-refractivity contribution is -0.228. The van der Waals surface area contributed by atoms with Crippen LogP contribution in [0.5, 0.6) is 5.75 Å². The van der Waals surface area contributed by atoms with Gasteiger partial charge in [-0.15, -0.1) is 0 Å². The van der Waals surface area contributed by atoms with Crippen LogP contribution in [0, 0.1) is 16.5 Å². The van der Waals surface area contributed by atoms with Crippen LogP contribution in [0.2, 0.25) is 0 Å². The number of carbonyl (C=O) groups is 3. The van der Waals surface area contributed by atoms with Crippen molar-refractivity contribution in [1.29, 1.82) is 0 Å². The molecule has 1 unspecified atom stereocenters. The maximum absolute atomic E-state index is 15.2. The number of aromatic nitrogens is 1. The number of benzene rings is 2. The molecule has 9 atom stereocenters. The second-order valence-corrected chi connectivity index (χ2v) is 17.3. The molecule has 1 saturated carbocycles. The molecule has 58 heavy (non-hydrogen) atoms. The van der Waals surface area contributed by atoms with Crippen molar-refractivity contribution >= 4 is 34.5 Å². The van der Waals surface area contributed by atoms with E-state index >= 15 is 4.79 Å². The first-order valence-electron chi connectivity index (χ1n) is 20.5. The Balaban J connectivity index is 1.39. The van der Waals surface area contributed by atoms with Crippen molar-refractivity contribution < 1.29 is 38.4 Å². The number of anilines is 1. The molecule has 6 heterocycles. The van der Waals surface area contributed by atoms with Gasteiger partial charge in [0.15, 0.2) is 6.10 Å². The Morgan fingerprint density at radius 2 is 1.76 bits per heavy atom. The van der Waals surface area contributed by atoms with Crippen LogP contribution >= 0.6 is 0 Å². The van der Waals surface area contributed by atoms with Gasteiger partial charge in [0, 0.05) is 90.9 Å². The Hall–Kier alpha value is -4.85. The van der Waals surface area contributed by atoms with Crippen molar-refractivity contribution in [3.05, 3.63) is 87.8 Å². The number of hydrogen-bond acceptors (Lipinski definition) is 12. The van der Waals surface area contributed by atoms with Gasteiger partial charge in [-0.05, 0) is 61.4 Å². The number of nitrogens with zero attached hydrogens (tertiary/aromatic N) is 4. The third-order valence-electron chi connectivity index (χ3n) is 14.9. The molecule has 0 radical (unpaired) electrons. The minimum atomic E-state index is -2.33. The largest absolute Gasteiger partial charge is 0.805 e. The molecule has 2 fully saturated rings. The monoisotopic (exact) mass is 793 g/mol. The van der Waals surface area contributed by atoms with Gasteiger partial charge in [0.05, 0.1) is 27.4 Å². The molecule has 3 aromatic rings. The summed E-state index contributed by atoms with van der Waals surface area (Å²) < 4.78 is 24.6. The number of fused-ring (bicyclic) bond motifs is 6. The number of esters is 3. The molecule has 1 aromatic heterocycles. The quantitative estimate of drug-likeness (QED) is 0.203. The van der Waals surface area contributed by atoms with Crippen LogP contribution in [0.3, 0.4) is 0 Å². The summed E-state index contributed by atoms with van der Waals surface area (Å²) in [5, 5.41) is 29.1. The van der Waals surface area contributed by atoms with Gasteiger partial charge in [0.25, 0.3) is 0 Å². The van der Waals surface area contributed by atoms with Crippen molar-refractivity contribution in [3.8, 4) is 5.75 Å². The average molecular weight is 794 g/mol. The minimum absolute atomic E-state index is 0.109. The smallest absolute Gasteiger partial charge is 0.344 e. The first kappa shape index (κ1) is 38.7. The molecule has 9 rings (SSSR count). The minimum Gasteiger partial charge on any atom is -0.805 e. The fraction of sp³-hybridized carbons (Fsp3) is 0.533. The number of methoxy groups -OCH3 is 3. The lowest BCUT2D eigenvalue weighted by Gasteiger charge is -2.63. The van der Waals surface area contributed by atoms with Crippen LogP contribution in [-0.2, 0) is 46.0 Å². The Labute approximate surface area is 338 Å². The van der Waals surface area contributed by atoms with Crippen molar-refractivity contribution in [2.45, 2.75) is 87.6 Å². The van der Waals surface area contributed by atoms with E-state index in [9.17, 15) is 19.9 Å². The van der Waals surface area contributed by atoms with Crippen LogP contribution in [0.15, 0.2) is 60.2 Å². The van der Waals surface area contributed by atoms with Gasteiger partial charge in [0.2, 0.25) is 5.60 Å². The number of para-hydroxylation sites is 1. The summed E-state index contributed by atoms with van der Waals surface area (Å²) in [7, 11) is 6.00. The zero-order valence-electron chi connectivity index (χ0n) is 34.4. The van der Waals surface area contributed by atoms with Gasteiger partial charge in [0.1, 0.15) is 11.2 Å². The highest BCUT2D eigenvalue weighted by atomic mass is 16.6. The molecule has 6 aliphatic rings. The third kappa shape index (κ3) is 4.72. The topological polar surface area (TPSA) is 146 Å². The van der Waals surface area contributed by atoms with Gasteiger partial charge in [-0.25, -0.2) is 4.79 Å². The molecule has 13 heteroatoms. The van der Waals surface area contributed by atoms with E-state index in [2.05, 4.69) is 22.8 Å². The summed E-state index contributed by atoms with van der Waals surface area (Å²) in [6, 6.07) is 10.1. The molecule has 5 aliphatic heterocycles. The molecule has 1 spiro atoms. The average Bonchev–Trinajstić information content (AvgIpc) is 3.84. The molecule has 13 nitrogen and oxygen atoms in total. The number of likely N-dealkylation sites (N-methyl/N-ethyl adjacent to an activating group) is 1. The summed E-state index contributed by atoms with van der Waals surface area (Å²) in [6.45, 7) is 8.62. The molecule has 1 aliphatic carbocycles. The predicted molar refractivity (Wildman–Crippen MR) is 216 cm³/mol. The highest BCUT2D eigenvalue weighted by Gasteiger charge is 2.80. The summed E-state index contributed by atoms with van der Waals surface area (Å²) in [5.41, 5.74) is -1.07. The molecular formula is C45H53N4O9-. The fourth-order valence-corrected chi connectivity index (χ4v) is 13.0. The lowest BCUT2D eigenvalue weighted by atomic mass is 9.47. The van der Waals surface area contributed by atoms with Gasteiger partial charge in [-0.1, -0.05) is 55.8 Å². The van der Waals surface area contributed by atoms with E-state index in [0.29, 0.717) is 67.2 Å². The second-order valence-electron chi connectivity index (χ2n) is 17.3. The summed E-state index contributed by atoms with van der Waals surface area (Å²) in [6.07, 6.45) is 7.13. The number of rotatable bonds is 7. The van der Waals surface area contributed by atoms with E-state index in [1.807, 2.05) is 61.4 Å². The van der Waals surface area contributed by atoms with Crippen molar-refractivity contribution in [2.75, 3.05) is 59.5 Å². The molecule has 2 aromatic carbocycles. The zero-order valence-corrected chi connectivity index (χ0v) is 34.4. The normalized spacial score (nSPS) is 34.5. The maximum atomic E-state index is 15.2. The van der Waals surface area contributed by atoms with Gasteiger partial charge in [-0.2, -0.15) is 0 Å². The summed E-state index contributed by atoms with van der Waals surface area (Å²) in [5.74, 6) is -1.83. The van der Waals surface area contributed by atoms with Crippen molar-refractivity contribution in [1.82, 2.24) is 14.5 Å². The number of hydrogen-bond donors (Lipinski definition) is 1. The van der Waals surface area contributed by atoms with Crippen molar-refractivity contribution in [3.63, 3.8) is 0 Å². The molecule has 308 valence electrons. The Bertz CT molecular complexity index is 2300. The van der Waals surface area contributed by atoms with Crippen LogP contribution in [0.4, 0.5) is 5.69 Å². The SMILES string of the molecule is CCC1=C[C@H]2CN(C1)Cc1c(n([O-])c3ccccc13)[C@@](C(=O)OC)(c1cc3c(cc1OC)N(C)[C@H]1[C@@](O)(C(=O)OC)[C@H](OC(C)=O)[C@]4(CC)C=CCN5CC[C@]31[C@@H]54)C2. The Kier molecular flexibility index (Phi) is 8.89. The number of ether oxygens (including phenoxy) is 4. The first-order chi connectivity index (χ1) is 27.8. The third-order valence-corrected chi connectivity index (χ3v) is 14.9. The van der Waals surface area contributed by atoms with E-state index in [-0.39, 0.29) is 18.4 Å². The van der Waals surface area contributed by atoms with E-state index in [1.54, 1.807) is 13.2 Å². The van der Waals surface area contributed by atoms with E-state index < -0.39 is 51.9 Å². The van der Waals surface area contributed by atoms with Crippen molar-refractivity contribution in [2.24, 2.45) is 11.3 Å². The summed E-state index contributed by atoms with van der Waals surface area (Å²) in [4.78, 5) is 49.2. The molecular weight excluding hydrogens is 741 g/mol. The van der Waals surface area contributed by atoms with Gasteiger partial charge >= 0.3 is 17.9 Å². The van der Waals surface area contributed by atoms with Gasteiger partial charge < -0.3 is 38.9 Å². The molecule has 0 amide bonds. The Morgan fingerprint density at radius 3 is 2.45 bits per heavy atom. The van der Waals surface area contributed by atoms with E-state index in [0.717, 1.165) is 34.2 Å². The molecule has 2 bridgehead atoms. The van der Waals surface area contributed by atoms with Crippen LogP contribution in [0.1, 0.15) is 68.8 Å². The van der Waals surface area contributed by atoms with Crippen LogP contribution < -0.4 is 9.64 Å². The van der Waals surface area contributed by atoms with E-state index in [4.69, 9.17) is 18.9 Å². The second kappa shape index (κ2) is 13.3. The van der Waals surface area contributed by atoms with Crippen LogP contribution in [0.25, 0.3) is 10.9 Å². The standard InChI is InChI=1S/C45H53N4O9/c1-8-27-19-28-22-44(40(51)56-6,36-30(25-47(23-27)24-28)29-13-10-11-14-33(29)49(36)54)32-20-31-34(21-35(32)55-5)46(4)38-43(31)16-18-48-17-12-15-42(9-2,37(43)48)39(58-26(3)50)45(38,53)41(52)57-7/h10-15,19-21,28,37-39,53H,8-9,16-18,22-25H2,1-7H3/q-1/t28-,37+,38-,39-,42-,43-,44+,45+/m1/s1. The zero-order chi connectivity index (χ0) is 41.1. The highest BCUT2D eigenvalue weighted by molar-refractivity contribution is 5.95. The fourth-order valence-electron chi connectivity index (χ4n) is 13.0. The highest BCUT2D eigenvalue weighted by Crippen LogP contribution is 2.68. The molecule has 1 saturated heterocycles. The first-order valence-corrected chi connectivity index (χ1v) is 20.5. The summed E-state index contributed by atoms with van der Waals surface area (Å²) >= 11 is 0. The molecule has 1 N–H and O–H groups in total. The maximum Gasteiger partial charge on any atom is 0.344 e. The number of aliphatic hydroxyl groups is 1. The van der Waals surface area contributed by atoms with Gasteiger partial charge in [-0.3, -0.25) is 19.4 Å². The van der Waals surface area contributed by atoms with Crippen LogP contribution in [-0.4, -0.2) is 116 Å². The van der Waals surface area contributed by atoms with E-state index in [1.165, 1.54) is 26.7 Å². The lowest BCUT2D eigenvalue weighted by Crippen LogP contribution is -2.81. The number of carbonyl (C=O) groups excluding carboxylic acids is 3. The predicted octanol–water partition coefficient (Wildman–Crippen LogP) is 4.57. The Morgan fingerprint density at radius 1 is 1.00 bits per heavy atom.